The molecule has 3 aromatic rings. The Hall–Kier alpha value is -2.46. The van der Waals surface area contributed by atoms with Crippen LogP contribution in [-0.2, 0) is 17.6 Å². The van der Waals surface area contributed by atoms with Gasteiger partial charge in [-0.25, -0.2) is 4.98 Å². The first kappa shape index (κ1) is 19.3. The molecule has 0 saturated carbocycles. The molecule has 1 heterocycles. The molecule has 1 unspecified atom stereocenters. The highest BCUT2D eigenvalue weighted by atomic mass is 32.1. The van der Waals surface area contributed by atoms with Gasteiger partial charge in [0.25, 0.3) is 0 Å². The second kappa shape index (κ2) is 8.96. The first-order chi connectivity index (χ1) is 13.1. The van der Waals surface area contributed by atoms with E-state index in [1.54, 1.807) is 11.3 Å². The Balaban J connectivity index is 1.67. The molecule has 27 heavy (non-hydrogen) atoms. The summed E-state index contributed by atoms with van der Waals surface area (Å²) in [6, 6.07) is 18.6. The summed E-state index contributed by atoms with van der Waals surface area (Å²) in [6.07, 6.45) is 1.33. The lowest BCUT2D eigenvalue weighted by Gasteiger charge is -2.23. The maximum Gasteiger partial charge on any atom is 0.226 e. The number of hydrogen-bond donors (Lipinski definition) is 1. The largest absolute Gasteiger partial charge is 0.349 e. The Morgan fingerprint density at radius 3 is 2.41 bits per heavy atom. The van der Waals surface area contributed by atoms with E-state index in [1.165, 1.54) is 5.56 Å². The van der Waals surface area contributed by atoms with Gasteiger partial charge in [-0.1, -0.05) is 75.4 Å². The Morgan fingerprint density at radius 2 is 1.78 bits per heavy atom. The summed E-state index contributed by atoms with van der Waals surface area (Å²) >= 11 is 1.58. The fourth-order valence-corrected chi connectivity index (χ4v) is 3.91. The lowest BCUT2D eigenvalue weighted by Crippen LogP contribution is -2.32. The highest BCUT2D eigenvalue weighted by molar-refractivity contribution is 7.13. The molecule has 1 atom stereocenters. The maximum atomic E-state index is 12.6. The second-order valence-electron chi connectivity index (χ2n) is 7.07. The summed E-state index contributed by atoms with van der Waals surface area (Å²) in [5, 5.41) is 6.12. The average molecular weight is 379 g/mol. The van der Waals surface area contributed by atoms with Crippen LogP contribution in [0, 0.1) is 5.92 Å². The molecule has 3 rings (SSSR count). The van der Waals surface area contributed by atoms with E-state index in [2.05, 4.69) is 55.3 Å². The number of benzene rings is 2. The van der Waals surface area contributed by atoms with Crippen LogP contribution in [0.5, 0.6) is 0 Å². The molecule has 4 heteroatoms. The van der Waals surface area contributed by atoms with E-state index >= 15 is 0 Å². The third kappa shape index (κ3) is 5.04. The van der Waals surface area contributed by atoms with Crippen molar-refractivity contribution in [1.29, 1.82) is 0 Å². The minimum Gasteiger partial charge on any atom is -0.349 e. The quantitative estimate of drug-likeness (QED) is 0.596. The van der Waals surface area contributed by atoms with Gasteiger partial charge in [0.2, 0.25) is 5.91 Å². The van der Waals surface area contributed by atoms with Gasteiger partial charge in [0.05, 0.1) is 18.2 Å². The van der Waals surface area contributed by atoms with Crippen LogP contribution in [-0.4, -0.2) is 10.9 Å². The van der Waals surface area contributed by atoms with Crippen molar-refractivity contribution in [2.24, 2.45) is 5.92 Å². The number of amides is 1. The van der Waals surface area contributed by atoms with E-state index in [1.807, 2.05) is 35.7 Å². The monoisotopic (exact) mass is 378 g/mol. The van der Waals surface area contributed by atoms with Crippen LogP contribution < -0.4 is 5.32 Å². The molecule has 0 fully saturated rings. The van der Waals surface area contributed by atoms with Gasteiger partial charge in [0, 0.05) is 10.9 Å². The predicted octanol–water partition coefficient (Wildman–Crippen LogP) is 5.43. The topological polar surface area (TPSA) is 42.0 Å². The molecule has 2 aromatic carbocycles. The van der Waals surface area contributed by atoms with Gasteiger partial charge in [-0.3, -0.25) is 4.79 Å². The summed E-state index contributed by atoms with van der Waals surface area (Å²) in [4.78, 5) is 17.2. The standard InChI is InChI=1S/C23H26N2OS/c1-4-17-10-12-18(13-11-17)22(16(2)3)25-21(26)14-20-15-27-23(24-20)19-8-6-5-7-9-19/h5-13,15-16,22H,4,14H2,1-3H3,(H,25,26). The molecule has 3 nitrogen and oxygen atoms in total. The molecule has 1 amide bonds. The van der Waals surface area contributed by atoms with E-state index in [0.717, 1.165) is 28.2 Å². The summed E-state index contributed by atoms with van der Waals surface area (Å²) in [7, 11) is 0. The van der Waals surface area contributed by atoms with Gasteiger partial charge in [0.15, 0.2) is 0 Å². The smallest absolute Gasteiger partial charge is 0.226 e. The van der Waals surface area contributed by atoms with Crippen molar-refractivity contribution < 1.29 is 4.79 Å². The highest BCUT2D eigenvalue weighted by Crippen LogP contribution is 2.25. The van der Waals surface area contributed by atoms with Crippen molar-refractivity contribution in [2.75, 3.05) is 0 Å². The molecule has 0 spiro atoms. The minimum atomic E-state index is 0.00985. The van der Waals surface area contributed by atoms with Crippen LogP contribution in [0.4, 0.5) is 0 Å². The van der Waals surface area contributed by atoms with Gasteiger partial charge < -0.3 is 5.32 Å². The van der Waals surface area contributed by atoms with Crippen molar-refractivity contribution in [2.45, 2.75) is 39.7 Å². The van der Waals surface area contributed by atoms with Gasteiger partial charge in [-0.2, -0.15) is 0 Å². The fourth-order valence-electron chi connectivity index (χ4n) is 3.09. The average Bonchev–Trinajstić information content (AvgIpc) is 3.15. The molecule has 0 radical (unpaired) electrons. The second-order valence-corrected chi connectivity index (χ2v) is 7.93. The van der Waals surface area contributed by atoms with Gasteiger partial charge >= 0.3 is 0 Å². The molecule has 0 saturated heterocycles. The van der Waals surface area contributed by atoms with E-state index < -0.39 is 0 Å². The van der Waals surface area contributed by atoms with Crippen LogP contribution in [0.15, 0.2) is 60.0 Å². The molecule has 0 aliphatic rings. The number of rotatable bonds is 7. The summed E-state index contributed by atoms with van der Waals surface area (Å²) < 4.78 is 0. The minimum absolute atomic E-state index is 0.00985. The lowest BCUT2D eigenvalue weighted by atomic mass is 9.94. The zero-order chi connectivity index (χ0) is 19.2. The highest BCUT2D eigenvalue weighted by Gasteiger charge is 2.19. The van der Waals surface area contributed by atoms with Crippen molar-refractivity contribution in [3.63, 3.8) is 0 Å². The number of nitrogens with one attached hydrogen (secondary N) is 1. The third-order valence-electron chi connectivity index (χ3n) is 4.64. The number of hydrogen-bond acceptors (Lipinski definition) is 3. The van der Waals surface area contributed by atoms with Gasteiger partial charge in [-0.05, 0) is 23.5 Å². The number of aromatic nitrogens is 1. The van der Waals surface area contributed by atoms with E-state index in [-0.39, 0.29) is 11.9 Å². The molecular weight excluding hydrogens is 352 g/mol. The van der Waals surface area contributed by atoms with Crippen LogP contribution in [0.25, 0.3) is 10.6 Å². The normalized spacial score (nSPS) is 12.1. The summed E-state index contributed by atoms with van der Waals surface area (Å²) in [5.74, 6) is 0.329. The molecular formula is C23H26N2OS. The number of nitrogens with zero attached hydrogens (tertiary/aromatic N) is 1. The molecule has 1 N–H and O–H groups in total. The van der Waals surface area contributed by atoms with Crippen molar-refractivity contribution >= 4 is 17.2 Å². The zero-order valence-corrected chi connectivity index (χ0v) is 16.9. The lowest BCUT2D eigenvalue weighted by molar-refractivity contribution is -0.121. The zero-order valence-electron chi connectivity index (χ0n) is 16.1. The van der Waals surface area contributed by atoms with Crippen molar-refractivity contribution in [3.8, 4) is 10.6 Å². The Labute approximate surface area is 165 Å². The van der Waals surface area contributed by atoms with Crippen LogP contribution in [0.1, 0.15) is 43.6 Å². The maximum absolute atomic E-state index is 12.6. The molecule has 0 aliphatic carbocycles. The Kier molecular flexibility index (Phi) is 6.40. The summed E-state index contributed by atoms with van der Waals surface area (Å²) in [6.45, 7) is 6.42. The van der Waals surface area contributed by atoms with E-state index in [0.29, 0.717) is 12.3 Å². The Morgan fingerprint density at radius 1 is 1.07 bits per heavy atom. The SMILES string of the molecule is CCc1ccc(C(NC(=O)Cc2csc(-c3ccccc3)n2)C(C)C)cc1. The fraction of sp³-hybridized carbons (Fsp3) is 0.304. The van der Waals surface area contributed by atoms with E-state index in [4.69, 9.17) is 0 Å². The molecule has 140 valence electrons. The Bertz CT molecular complexity index is 869. The van der Waals surface area contributed by atoms with Crippen molar-refractivity contribution in [1.82, 2.24) is 10.3 Å². The van der Waals surface area contributed by atoms with Gasteiger partial charge in [0.1, 0.15) is 5.01 Å². The van der Waals surface area contributed by atoms with E-state index in [9.17, 15) is 4.79 Å². The summed E-state index contributed by atoms with van der Waals surface area (Å²) in [5.41, 5.74) is 4.37. The predicted molar refractivity (Wildman–Crippen MR) is 113 cm³/mol. The van der Waals surface area contributed by atoms with Crippen LogP contribution >= 0.6 is 11.3 Å². The number of thiazole rings is 1. The van der Waals surface area contributed by atoms with Crippen LogP contribution in [0.2, 0.25) is 0 Å². The third-order valence-corrected chi connectivity index (χ3v) is 5.58. The first-order valence-corrected chi connectivity index (χ1v) is 10.3. The number of carbonyl (C=O) groups is 1. The van der Waals surface area contributed by atoms with Crippen LogP contribution in [0.3, 0.4) is 0 Å². The first-order valence-electron chi connectivity index (χ1n) is 9.45. The molecule has 0 aliphatic heterocycles. The number of carbonyl (C=O) groups excluding carboxylic acids is 1. The number of aryl methyl sites for hydroxylation is 1. The molecule has 0 bridgehead atoms. The van der Waals surface area contributed by atoms with Gasteiger partial charge in [-0.15, -0.1) is 11.3 Å². The molecule has 1 aromatic heterocycles. The van der Waals surface area contributed by atoms with Crippen molar-refractivity contribution in [3.05, 3.63) is 76.8 Å².